The number of esters is 1. The summed E-state index contributed by atoms with van der Waals surface area (Å²) in [5, 5.41) is 4.15. The molecule has 2 aliphatic carbocycles. The predicted octanol–water partition coefficient (Wildman–Crippen LogP) is 2.50. The third kappa shape index (κ3) is 3.93. The van der Waals surface area contributed by atoms with Crippen LogP contribution in [0.5, 0.6) is 0 Å². The lowest BCUT2D eigenvalue weighted by Crippen LogP contribution is -2.56. The second-order valence-corrected chi connectivity index (χ2v) is 8.01. The molecule has 5 heteroatoms. The van der Waals surface area contributed by atoms with Gasteiger partial charge in [0.15, 0.2) is 0 Å². The number of carbonyl (C=O) groups excluding carboxylic acids is 1. The van der Waals surface area contributed by atoms with Gasteiger partial charge in [0.05, 0.1) is 13.2 Å². The second kappa shape index (κ2) is 6.88. The fourth-order valence-corrected chi connectivity index (χ4v) is 5.06. The van der Waals surface area contributed by atoms with Gasteiger partial charge in [0.2, 0.25) is 0 Å². The maximum Gasteiger partial charge on any atom is 0.326 e. The summed E-state index contributed by atoms with van der Waals surface area (Å²) in [4.78, 5) is 12.3. The molecule has 0 amide bonds. The van der Waals surface area contributed by atoms with Crippen molar-refractivity contribution in [1.29, 1.82) is 0 Å². The molecule has 3 aliphatic rings. The van der Waals surface area contributed by atoms with Crippen molar-refractivity contribution >= 4 is 17.7 Å². The zero-order valence-electron chi connectivity index (χ0n) is 12.9. The minimum atomic E-state index is -0.428. The minimum absolute atomic E-state index is 0.0585. The Bertz CT molecular complexity index is 369. The predicted molar refractivity (Wildman–Crippen MR) is 84.6 cm³/mol. The molecule has 3 atom stereocenters. The van der Waals surface area contributed by atoms with Crippen LogP contribution in [0, 0.1) is 0 Å². The van der Waals surface area contributed by atoms with Crippen molar-refractivity contribution in [2.45, 2.75) is 74.3 Å². The van der Waals surface area contributed by atoms with Crippen LogP contribution in [0.15, 0.2) is 0 Å². The van der Waals surface area contributed by atoms with E-state index in [1.165, 1.54) is 39.2 Å². The van der Waals surface area contributed by atoms with Gasteiger partial charge in [0.25, 0.3) is 0 Å². The fourth-order valence-electron chi connectivity index (χ4n) is 3.57. The zero-order valence-corrected chi connectivity index (χ0v) is 13.8. The smallest absolute Gasteiger partial charge is 0.326 e. The first-order valence-electron chi connectivity index (χ1n) is 8.31. The van der Waals surface area contributed by atoms with E-state index in [1.807, 2.05) is 11.8 Å². The molecule has 120 valence electrons. The number of carbonyl (C=O) groups is 1. The molecule has 0 aromatic carbocycles. The van der Waals surface area contributed by atoms with Gasteiger partial charge in [-0.1, -0.05) is 0 Å². The zero-order chi connectivity index (χ0) is 14.7. The lowest BCUT2D eigenvalue weighted by atomic mass is 9.81. The Hall–Kier alpha value is -0.260. The molecular formula is C16H27NO3S. The third-order valence-electron chi connectivity index (χ3n) is 4.88. The van der Waals surface area contributed by atoms with Gasteiger partial charge in [-0.25, -0.2) is 0 Å². The first kappa shape index (κ1) is 15.6. The van der Waals surface area contributed by atoms with Crippen molar-refractivity contribution < 1.29 is 14.3 Å². The number of hydrogen-bond donors (Lipinski definition) is 1. The Balaban J connectivity index is 1.56. The van der Waals surface area contributed by atoms with Crippen LogP contribution in [0.4, 0.5) is 0 Å². The monoisotopic (exact) mass is 313 g/mol. The van der Waals surface area contributed by atoms with Crippen molar-refractivity contribution in [1.82, 2.24) is 5.32 Å². The van der Waals surface area contributed by atoms with Gasteiger partial charge in [-0.05, 0) is 51.4 Å². The highest BCUT2D eigenvalue weighted by Crippen LogP contribution is 2.39. The number of rotatable bonds is 6. The summed E-state index contributed by atoms with van der Waals surface area (Å²) in [7, 11) is 1.52. The molecule has 1 N–H and O–H groups in total. The van der Waals surface area contributed by atoms with Crippen molar-refractivity contribution in [3.8, 4) is 0 Å². The Labute approximate surface area is 131 Å². The molecule has 1 aliphatic heterocycles. The number of methoxy groups -OCH3 is 1. The highest BCUT2D eigenvalue weighted by molar-refractivity contribution is 7.99. The van der Waals surface area contributed by atoms with Crippen molar-refractivity contribution in [2.75, 3.05) is 19.5 Å². The fraction of sp³-hybridized carbons (Fsp3) is 0.938. The third-order valence-corrected chi connectivity index (χ3v) is 6.32. The van der Waals surface area contributed by atoms with E-state index in [1.54, 1.807) is 0 Å². The summed E-state index contributed by atoms with van der Waals surface area (Å²) in [5.74, 6) is 1.02. The Morgan fingerprint density at radius 2 is 2.19 bits per heavy atom. The molecule has 0 bridgehead atoms. The summed E-state index contributed by atoms with van der Waals surface area (Å²) in [6.07, 6.45) is 9.38. The maximum absolute atomic E-state index is 12.3. The highest BCUT2D eigenvalue weighted by atomic mass is 32.2. The van der Waals surface area contributed by atoms with Crippen LogP contribution >= 0.6 is 11.8 Å². The number of hydrogen-bond acceptors (Lipinski definition) is 5. The molecule has 0 aromatic rings. The molecule has 1 saturated heterocycles. The van der Waals surface area contributed by atoms with Gasteiger partial charge in [-0.15, -0.1) is 0 Å². The molecule has 21 heavy (non-hydrogen) atoms. The molecule has 0 radical (unpaired) electrons. The second-order valence-electron chi connectivity index (χ2n) is 6.68. The molecular weight excluding hydrogens is 286 g/mol. The Kier molecular flexibility index (Phi) is 5.12. The quantitative estimate of drug-likeness (QED) is 0.764. The number of nitrogens with one attached hydrogen (secondary N) is 1. The molecule has 0 aromatic heterocycles. The van der Waals surface area contributed by atoms with Crippen LogP contribution in [-0.4, -0.2) is 48.4 Å². The van der Waals surface area contributed by atoms with E-state index >= 15 is 0 Å². The Morgan fingerprint density at radius 1 is 1.33 bits per heavy atom. The van der Waals surface area contributed by atoms with E-state index in [2.05, 4.69) is 5.32 Å². The minimum Gasteiger partial charge on any atom is -0.468 e. The molecule has 3 fully saturated rings. The van der Waals surface area contributed by atoms with E-state index in [0.717, 1.165) is 31.6 Å². The topological polar surface area (TPSA) is 47.6 Å². The summed E-state index contributed by atoms with van der Waals surface area (Å²) >= 11 is 2.00. The SMILES string of the molecule is COC(=O)C1(NC2CC2)CCCC(SCC2CCCO2)C1. The molecule has 1 heterocycles. The van der Waals surface area contributed by atoms with Crippen molar-refractivity contribution in [3.63, 3.8) is 0 Å². The van der Waals surface area contributed by atoms with Crippen LogP contribution in [0.1, 0.15) is 51.4 Å². The van der Waals surface area contributed by atoms with Crippen LogP contribution in [0.25, 0.3) is 0 Å². The number of ether oxygens (including phenoxy) is 2. The van der Waals surface area contributed by atoms with Gasteiger partial charge < -0.3 is 9.47 Å². The van der Waals surface area contributed by atoms with Crippen LogP contribution in [0.3, 0.4) is 0 Å². The van der Waals surface area contributed by atoms with Crippen LogP contribution < -0.4 is 5.32 Å². The maximum atomic E-state index is 12.3. The molecule has 0 spiro atoms. The Morgan fingerprint density at radius 3 is 2.86 bits per heavy atom. The molecule has 3 unspecified atom stereocenters. The first-order valence-corrected chi connectivity index (χ1v) is 9.36. The summed E-state index contributed by atoms with van der Waals surface area (Å²) in [6, 6.07) is 0.533. The summed E-state index contributed by atoms with van der Waals surface area (Å²) in [6.45, 7) is 0.922. The summed E-state index contributed by atoms with van der Waals surface area (Å²) < 4.78 is 10.8. The number of thioether (sulfide) groups is 1. The summed E-state index contributed by atoms with van der Waals surface area (Å²) in [5.41, 5.74) is -0.428. The molecule has 4 nitrogen and oxygen atoms in total. The standard InChI is InChI=1S/C16H27NO3S/c1-19-15(18)16(17-12-6-7-12)8-2-5-14(10-16)21-11-13-4-3-9-20-13/h12-14,17H,2-11H2,1H3. The van der Waals surface area contributed by atoms with E-state index in [-0.39, 0.29) is 5.97 Å². The van der Waals surface area contributed by atoms with Crippen molar-refractivity contribution in [2.24, 2.45) is 0 Å². The molecule has 2 saturated carbocycles. The normalized spacial score (nSPS) is 36.6. The van der Waals surface area contributed by atoms with Crippen LogP contribution in [-0.2, 0) is 14.3 Å². The highest BCUT2D eigenvalue weighted by Gasteiger charge is 2.46. The average molecular weight is 313 g/mol. The van der Waals surface area contributed by atoms with E-state index in [9.17, 15) is 4.79 Å². The average Bonchev–Trinajstić information content (AvgIpc) is 3.16. The largest absolute Gasteiger partial charge is 0.468 e. The van der Waals surface area contributed by atoms with Gasteiger partial charge in [-0.2, -0.15) is 11.8 Å². The van der Waals surface area contributed by atoms with Gasteiger partial charge in [-0.3, -0.25) is 10.1 Å². The van der Waals surface area contributed by atoms with E-state index in [4.69, 9.17) is 9.47 Å². The van der Waals surface area contributed by atoms with E-state index < -0.39 is 5.54 Å². The molecule has 3 rings (SSSR count). The van der Waals surface area contributed by atoms with Crippen molar-refractivity contribution in [3.05, 3.63) is 0 Å². The van der Waals surface area contributed by atoms with Gasteiger partial charge >= 0.3 is 5.97 Å². The van der Waals surface area contributed by atoms with Crippen LogP contribution in [0.2, 0.25) is 0 Å². The lowest BCUT2D eigenvalue weighted by molar-refractivity contribution is -0.150. The van der Waals surface area contributed by atoms with Gasteiger partial charge in [0.1, 0.15) is 5.54 Å². The lowest BCUT2D eigenvalue weighted by Gasteiger charge is -2.39. The first-order chi connectivity index (χ1) is 10.2. The van der Waals surface area contributed by atoms with E-state index in [0.29, 0.717) is 17.4 Å². The van der Waals surface area contributed by atoms with Gasteiger partial charge in [0, 0.05) is 23.7 Å².